The number of carbonyl (C=O) groups excluding carboxylic acids is 1. The molecule has 7 nitrogen and oxygen atoms in total. The second-order valence-electron chi connectivity index (χ2n) is 7.32. The normalized spacial score (nSPS) is 14.1. The molecule has 1 amide bonds. The van der Waals surface area contributed by atoms with Crippen LogP contribution in [0.15, 0.2) is 30.5 Å². The molecule has 158 valence electrons. The zero-order valence-electron chi connectivity index (χ0n) is 16.1. The Hall–Kier alpha value is -3.01. The van der Waals surface area contributed by atoms with Gasteiger partial charge in [-0.1, -0.05) is 6.92 Å². The van der Waals surface area contributed by atoms with Gasteiger partial charge in [-0.05, 0) is 49.4 Å². The van der Waals surface area contributed by atoms with Crippen LogP contribution in [0.2, 0.25) is 0 Å². The van der Waals surface area contributed by atoms with Gasteiger partial charge in [0.15, 0.2) is 5.82 Å². The van der Waals surface area contributed by atoms with Crippen LogP contribution in [-0.4, -0.2) is 30.0 Å². The molecule has 0 bridgehead atoms. The molecule has 3 N–H and O–H groups in total. The van der Waals surface area contributed by atoms with Gasteiger partial charge < -0.3 is 10.3 Å². The first kappa shape index (κ1) is 20.3. The molecule has 30 heavy (non-hydrogen) atoms. The van der Waals surface area contributed by atoms with Crippen molar-refractivity contribution in [2.75, 3.05) is 15.8 Å². The second kappa shape index (κ2) is 7.67. The Balaban J connectivity index is 1.59. The van der Waals surface area contributed by atoms with E-state index in [1.54, 1.807) is 13.0 Å². The molecule has 3 aromatic rings. The Morgan fingerprint density at radius 3 is 2.73 bits per heavy atom. The molecular formula is C20H20F2N4O3S. The van der Waals surface area contributed by atoms with Gasteiger partial charge in [0.05, 0.1) is 23.3 Å². The van der Waals surface area contributed by atoms with Crippen LogP contribution in [-0.2, 0) is 10.0 Å². The van der Waals surface area contributed by atoms with Crippen molar-refractivity contribution in [3.05, 3.63) is 53.4 Å². The average molecular weight is 434 g/mol. The van der Waals surface area contributed by atoms with E-state index in [1.165, 1.54) is 6.20 Å². The third-order valence-electron chi connectivity index (χ3n) is 4.82. The molecule has 1 aliphatic rings. The van der Waals surface area contributed by atoms with E-state index in [9.17, 15) is 22.0 Å². The van der Waals surface area contributed by atoms with Crippen molar-refractivity contribution in [1.29, 1.82) is 0 Å². The number of sulfonamides is 1. The Morgan fingerprint density at radius 2 is 2.03 bits per heavy atom. The van der Waals surface area contributed by atoms with E-state index in [1.807, 2.05) is 6.07 Å². The summed E-state index contributed by atoms with van der Waals surface area (Å²) in [4.78, 5) is 20.0. The van der Waals surface area contributed by atoms with Crippen LogP contribution in [0.1, 0.15) is 48.2 Å². The molecule has 0 aliphatic heterocycles. The third kappa shape index (κ3) is 4.13. The van der Waals surface area contributed by atoms with Gasteiger partial charge in [0, 0.05) is 11.1 Å². The van der Waals surface area contributed by atoms with E-state index in [0.717, 1.165) is 36.1 Å². The topological polar surface area (TPSA) is 104 Å². The molecule has 0 spiro atoms. The molecule has 1 aromatic carbocycles. The highest BCUT2D eigenvalue weighted by Crippen LogP contribution is 2.40. The fourth-order valence-corrected chi connectivity index (χ4v) is 4.37. The van der Waals surface area contributed by atoms with Crippen molar-refractivity contribution in [3.63, 3.8) is 0 Å². The number of nitrogens with one attached hydrogen (secondary N) is 3. The monoisotopic (exact) mass is 434 g/mol. The molecule has 0 saturated heterocycles. The predicted octanol–water partition coefficient (Wildman–Crippen LogP) is 4.12. The number of hydrogen-bond donors (Lipinski definition) is 3. The summed E-state index contributed by atoms with van der Waals surface area (Å²) in [6.45, 7) is 1.65. The van der Waals surface area contributed by atoms with Crippen molar-refractivity contribution in [2.24, 2.45) is 0 Å². The standard InChI is InChI=1S/C20H20F2N4O3S/c1-2-7-30(28,29)26-15-6-5-14(21)17(18(15)22)20(27)24-13-8-12-9-16(11-3-4-11)25-19(12)23-10-13/h5-6,8-11,26H,2-4,7H2,1H3,(H,23,25)(H,24,27). The number of carbonyl (C=O) groups is 1. The smallest absolute Gasteiger partial charge is 0.261 e. The lowest BCUT2D eigenvalue weighted by Crippen LogP contribution is -2.20. The van der Waals surface area contributed by atoms with Crippen LogP contribution in [0.3, 0.4) is 0 Å². The molecule has 2 aromatic heterocycles. The number of nitrogens with zero attached hydrogens (tertiary/aromatic N) is 1. The number of rotatable bonds is 7. The lowest BCUT2D eigenvalue weighted by Gasteiger charge is -2.12. The largest absolute Gasteiger partial charge is 0.343 e. The molecule has 10 heteroatoms. The molecule has 2 heterocycles. The highest BCUT2D eigenvalue weighted by atomic mass is 32.2. The quantitative estimate of drug-likeness (QED) is 0.520. The second-order valence-corrected chi connectivity index (χ2v) is 9.16. The van der Waals surface area contributed by atoms with Gasteiger partial charge in [-0.2, -0.15) is 0 Å². The van der Waals surface area contributed by atoms with Crippen molar-refractivity contribution in [2.45, 2.75) is 32.1 Å². The maximum Gasteiger partial charge on any atom is 0.261 e. The van der Waals surface area contributed by atoms with Gasteiger partial charge in [0.2, 0.25) is 10.0 Å². The highest BCUT2D eigenvalue weighted by Gasteiger charge is 2.26. The van der Waals surface area contributed by atoms with Crippen LogP contribution in [0.5, 0.6) is 0 Å². The Morgan fingerprint density at radius 1 is 1.27 bits per heavy atom. The van der Waals surface area contributed by atoms with Crippen molar-refractivity contribution in [3.8, 4) is 0 Å². The molecule has 0 unspecified atom stereocenters. The van der Waals surface area contributed by atoms with E-state index in [4.69, 9.17) is 0 Å². The Bertz CT molecular complexity index is 1240. The summed E-state index contributed by atoms with van der Waals surface area (Å²) in [5, 5.41) is 3.20. The SMILES string of the molecule is CCCS(=O)(=O)Nc1ccc(F)c(C(=O)Nc2cnc3[nH]c(C4CC4)cc3c2)c1F. The Labute approximate surface area is 172 Å². The molecular weight excluding hydrogens is 414 g/mol. The van der Waals surface area contributed by atoms with Crippen LogP contribution in [0.25, 0.3) is 11.0 Å². The molecule has 1 aliphatic carbocycles. The lowest BCUT2D eigenvalue weighted by molar-refractivity contribution is 0.101. The molecule has 4 rings (SSSR count). The van der Waals surface area contributed by atoms with Gasteiger partial charge in [0.1, 0.15) is 17.0 Å². The zero-order chi connectivity index (χ0) is 21.5. The number of anilines is 2. The van der Waals surface area contributed by atoms with E-state index in [-0.39, 0.29) is 11.4 Å². The fourth-order valence-electron chi connectivity index (χ4n) is 3.24. The summed E-state index contributed by atoms with van der Waals surface area (Å²) < 4.78 is 54.8. The average Bonchev–Trinajstić information content (AvgIpc) is 3.43. The summed E-state index contributed by atoms with van der Waals surface area (Å²) in [6, 6.07) is 5.39. The first-order valence-electron chi connectivity index (χ1n) is 9.56. The zero-order valence-corrected chi connectivity index (χ0v) is 16.9. The maximum absolute atomic E-state index is 14.8. The van der Waals surface area contributed by atoms with Crippen LogP contribution in [0, 0.1) is 11.6 Å². The minimum atomic E-state index is -3.80. The summed E-state index contributed by atoms with van der Waals surface area (Å²) in [5.41, 5.74) is 0.650. The fraction of sp³-hybridized carbons (Fsp3) is 0.300. The van der Waals surface area contributed by atoms with Crippen LogP contribution < -0.4 is 10.0 Å². The van der Waals surface area contributed by atoms with Gasteiger partial charge >= 0.3 is 0 Å². The van der Waals surface area contributed by atoms with Gasteiger partial charge in [-0.15, -0.1) is 0 Å². The van der Waals surface area contributed by atoms with Crippen LogP contribution >= 0.6 is 0 Å². The molecule has 1 saturated carbocycles. The third-order valence-corrected chi connectivity index (χ3v) is 6.30. The maximum atomic E-state index is 14.8. The number of amides is 1. The molecule has 0 atom stereocenters. The van der Waals surface area contributed by atoms with Gasteiger partial charge in [-0.3, -0.25) is 9.52 Å². The number of aromatic nitrogens is 2. The molecule has 0 radical (unpaired) electrons. The van der Waals surface area contributed by atoms with Gasteiger partial charge in [-0.25, -0.2) is 22.2 Å². The first-order valence-corrected chi connectivity index (χ1v) is 11.2. The van der Waals surface area contributed by atoms with Crippen LogP contribution in [0.4, 0.5) is 20.2 Å². The number of benzene rings is 1. The number of aromatic amines is 1. The summed E-state index contributed by atoms with van der Waals surface area (Å²) in [6.07, 6.45) is 3.94. The minimum absolute atomic E-state index is 0.226. The number of fused-ring (bicyclic) bond motifs is 1. The van der Waals surface area contributed by atoms with Crippen molar-refractivity contribution >= 4 is 38.3 Å². The summed E-state index contributed by atoms with van der Waals surface area (Å²) in [5.74, 6) is -3.15. The molecule has 1 fully saturated rings. The Kier molecular flexibility index (Phi) is 5.19. The van der Waals surface area contributed by atoms with E-state index >= 15 is 0 Å². The minimum Gasteiger partial charge on any atom is -0.343 e. The van der Waals surface area contributed by atoms with E-state index < -0.39 is 38.8 Å². The number of hydrogen-bond acceptors (Lipinski definition) is 4. The number of halogens is 2. The number of pyridine rings is 1. The summed E-state index contributed by atoms with van der Waals surface area (Å²) >= 11 is 0. The highest BCUT2D eigenvalue weighted by molar-refractivity contribution is 7.92. The summed E-state index contributed by atoms with van der Waals surface area (Å²) in [7, 11) is -3.80. The lowest BCUT2D eigenvalue weighted by atomic mass is 10.1. The van der Waals surface area contributed by atoms with E-state index in [0.29, 0.717) is 18.0 Å². The van der Waals surface area contributed by atoms with E-state index in [2.05, 4.69) is 20.0 Å². The predicted molar refractivity (Wildman–Crippen MR) is 110 cm³/mol. The number of H-pyrrole nitrogens is 1. The van der Waals surface area contributed by atoms with Crippen molar-refractivity contribution < 1.29 is 22.0 Å². The van der Waals surface area contributed by atoms with Gasteiger partial charge in [0.25, 0.3) is 5.91 Å². The first-order chi connectivity index (χ1) is 14.3. The van der Waals surface area contributed by atoms with Crippen molar-refractivity contribution in [1.82, 2.24) is 9.97 Å².